The van der Waals surface area contributed by atoms with Gasteiger partial charge in [0.1, 0.15) is 5.69 Å². The van der Waals surface area contributed by atoms with E-state index in [1.54, 1.807) is 37.7 Å². The molecule has 156 valence electrons. The SMILES string of the molecule is CCS(=O)(=O)c1ccc(S(=O)(=O)CC(C)C)nc1-c1nc2cc(C)ncc2n1C. The molecule has 0 N–H and O–H groups in total. The Morgan fingerprint density at radius 2 is 1.76 bits per heavy atom. The number of nitrogens with zero attached hydrogens (tertiary/aromatic N) is 4. The van der Waals surface area contributed by atoms with Crippen molar-refractivity contribution in [2.45, 2.75) is 37.6 Å². The van der Waals surface area contributed by atoms with Gasteiger partial charge in [-0.1, -0.05) is 20.8 Å². The van der Waals surface area contributed by atoms with Crippen molar-refractivity contribution in [3.8, 4) is 11.5 Å². The molecular formula is C19H24N4O4S2. The van der Waals surface area contributed by atoms with Crippen LogP contribution in [0.4, 0.5) is 0 Å². The summed E-state index contributed by atoms with van der Waals surface area (Å²) in [5.41, 5.74) is 2.13. The zero-order chi connectivity index (χ0) is 21.6. The maximum absolute atomic E-state index is 12.7. The molecule has 0 saturated heterocycles. The zero-order valence-corrected chi connectivity index (χ0v) is 18.7. The average molecular weight is 437 g/mol. The molecule has 0 atom stereocenters. The summed E-state index contributed by atoms with van der Waals surface area (Å²) in [4.78, 5) is 13.0. The summed E-state index contributed by atoms with van der Waals surface area (Å²) >= 11 is 0. The molecule has 0 aliphatic rings. The predicted octanol–water partition coefficient (Wildman–Crippen LogP) is 2.56. The van der Waals surface area contributed by atoms with Crippen molar-refractivity contribution in [2.24, 2.45) is 13.0 Å². The molecule has 0 unspecified atom stereocenters. The minimum absolute atomic E-state index is 0.0352. The van der Waals surface area contributed by atoms with Gasteiger partial charge < -0.3 is 4.57 Å². The van der Waals surface area contributed by atoms with E-state index in [9.17, 15) is 16.8 Å². The van der Waals surface area contributed by atoms with Gasteiger partial charge in [-0.25, -0.2) is 26.8 Å². The highest BCUT2D eigenvalue weighted by atomic mass is 32.2. The van der Waals surface area contributed by atoms with Crippen molar-refractivity contribution in [1.29, 1.82) is 0 Å². The Kier molecular flexibility index (Phi) is 5.52. The molecule has 0 aromatic carbocycles. The molecule has 29 heavy (non-hydrogen) atoms. The van der Waals surface area contributed by atoms with Crippen molar-refractivity contribution in [2.75, 3.05) is 11.5 Å². The van der Waals surface area contributed by atoms with Gasteiger partial charge >= 0.3 is 0 Å². The Labute approximate surface area is 170 Å². The van der Waals surface area contributed by atoms with E-state index in [2.05, 4.69) is 15.0 Å². The first kappa shape index (κ1) is 21.4. The molecule has 0 saturated carbocycles. The Morgan fingerprint density at radius 3 is 2.38 bits per heavy atom. The average Bonchev–Trinajstić information content (AvgIpc) is 2.96. The summed E-state index contributed by atoms with van der Waals surface area (Å²) in [6.45, 7) is 6.97. The highest BCUT2D eigenvalue weighted by Gasteiger charge is 2.27. The molecule has 3 heterocycles. The van der Waals surface area contributed by atoms with E-state index in [-0.39, 0.29) is 38.9 Å². The van der Waals surface area contributed by atoms with E-state index in [4.69, 9.17) is 0 Å². The molecule has 0 aliphatic carbocycles. The van der Waals surface area contributed by atoms with Gasteiger partial charge in [0, 0.05) is 12.7 Å². The zero-order valence-electron chi connectivity index (χ0n) is 17.0. The summed E-state index contributed by atoms with van der Waals surface area (Å²) in [6.07, 6.45) is 1.65. The number of imidazole rings is 1. The first-order valence-electron chi connectivity index (χ1n) is 9.22. The van der Waals surface area contributed by atoms with Gasteiger partial charge in [0.05, 0.1) is 33.6 Å². The Balaban J connectivity index is 2.33. The molecule has 0 amide bonds. The molecule has 0 radical (unpaired) electrons. The van der Waals surface area contributed by atoms with Crippen molar-refractivity contribution in [1.82, 2.24) is 19.5 Å². The normalized spacial score (nSPS) is 12.8. The third-order valence-electron chi connectivity index (χ3n) is 4.53. The van der Waals surface area contributed by atoms with Crippen LogP contribution in [0, 0.1) is 12.8 Å². The first-order chi connectivity index (χ1) is 13.5. The van der Waals surface area contributed by atoms with Crippen molar-refractivity contribution >= 4 is 30.7 Å². The molecule has 8 nitrogen and oxygen atoms in total. The molecule has 3 rings (SSSR count). The van der Waals surface area contributed by atoms with Crippen molar-refractivity contribution < 1.29 is 16.8 Å². The molecule has 10 heteroatoms. The predicted molar refractivity (Wildman–Crippen MR) is 111 cm³/mol. The second kappa shape index (κ2) is 7.49. The molecule has 0 fully saturated rings. The number of hydrogen-bond donors (Lipinski definition) is 0. The summed E-state index contributed by atoms with van der Waals surface area (Å²) in [6, 6.07) is 4.36. The van der Waals surface area contributed by atoms with E-state index >= 15 is 0 Å². The number of aromatic nitrogens is 4. The van der Waals surface area contributed by atoms with Gasteiger partial charge in [-0.15, -0.1) is 0 Å². The van der Waals surface area contributed by atoms with Crippen LogP contribution in [0.1, 0.15) is 26.5 Å². The van der Waals surface area contributed by atoms with Gasteiger partial charge in [-0.05, 0) is 31.0 Å². The van der Waals surface area contributed by atoms with Crippen LogP contribution in [0.5, 0.6) is 0 Å². The van der Waals surface area contributed by atoms with E-state index in [0.29, 0.717) is 11.0 Å². The van der Waals surface area contributed by atoms with E-state index in [1.165, 1.54) is 19.1 Å². The fraction of sp³-hybridized carbons (Fsp3) is 0.421. The van der Waals surface area contributed by atoms with Crippen LogP contribution in [0.15, 0.2) is 34.3 Å². The van der Waals surface area contributed by atoms with Gasteiger partial charge in [0.2, 0.25) is 0 Å². The minimum Gasteiger partial charge on any atom is -0.324 e. The molecule has 3 aromatic rings. The van der Waals surface area contributed by atoms with Crippen LogP contribution in [0.2, 0.25) is 0 Å². The third-order valence-corrected chi connectivity index (χ3v) is 8.26. The quantitative estimate of drug-likeness (QED) is 0.584. The van der Waals surface area contributed by atoms with E-state index in [0.717, 1.165) is 5.69 Å². The number of pyridine rings is 2. The number of aryl methyl sites for hydroxylation is 2. The number of hydrogen-bond acceptors (Lipinski definition) is 7. The lowest BCUT2D eigenvalue weighted by molar-refractivity contribution is 0.577. The Morgan fingerprint density at radius 1 is 1.07 bits per heavy atom. The Bertz CT molecular complexity index is 1290. The van der Waals surface area contributed by atoms with Crippen LogP contribution in [0.25, 0.3) is 22.6 Å². The largest absolute Gasteiger partial charge is 0.324 e. The first-order valence-corrected chi connectivity index (χ1v) is 12.5. The maximum Gasteiger partial charge on any atom is 0.195 e. The molecule has 3 aromatic heterocycles. The second-order valence-electron chi connectivity index (χ2n) is 7.38. The minimum atomic E-state index is -3.66. The van der Waals surface area contributed by atoms with E-state index in [1.807, 2.05) is 6.92 Å². The lowest BCUT2D eigenvalue weighted by atomic mass is 10.3. The molecular weight excluding hydrogens is 412 g/mol. The summed E-state index contributed by atoms with van der Waals surface area (Å²) in [5, 5.41) is -0.155. The third kappa shape index (κ3) is 4.04. The number of sulfone groups is 2. The summed E-state index contributed by atoms with van der Waals surface area (Å²) < 4.78 is 52.4. The van der Waals surface area contributed by atoms with Gasteiger partial charge in [0.25, 0.3) is 0 Å². The van der Waals surface area contributed by atoms with Crippen molar-refractivity contribution in [3.05, 3.63) is 30.1 Å². The molecule has 0 aliphatic heterocycles. The standard InChI is InChI=1S/C19H24N4O4S2/c1-6-28(24,25)16-7-8-17(29(26,27)11-12(2)3)22-18(16)19-21-14-9-13(4)20-10-15(14)23(19)5/h7-10,12H,6,11H2,1-5H3. The maximum atomic E-state index is 12.7. The highest BCUT2D eigenvalue weighted by molar-refractivity contribution is 7.91. The van der Waals surface area contributed by atoms with Crippen LogP contribution in [0.3, 0.4) is 0 Å². The molecule has 0 bridgehead atoms. The monoisotopic (exact) mass is 436 g/mol. The van der Waals surface area contributed by atoms with Gasteiger partial charge in [-0.2, -0.15) is 0 Å². The number of fused-ring (bicyclic) bond motifs is 1. The topological polar surface area (TPSA) is 112 Å². The number of rotatable bonds is 6. The van der Waals surface area contributed by atoms with Gasteiger partial charge in [-0.3, -0.25) is 4.98 Å². The summed E-state index contributed by atoms with van der Waals surface area (Å²) in [7, 11) is -5.59. The fourth-order valence-electron chi connectivity index (χ4n) is 3.09. The van der Waals surface area contributed by atoms with Crippen molar-refractivity contribution in [3.63, 3.8) is 0 Å². The molecule has 0 spiro atoms. The van der Waals surface area contributed by atoms with Crippen LogP contribution >= 0.6 is 0 Å². The lowest BCUT2D eigenvalue weighted by Crippen LogP contribution is -2.16. The smallest absolute Gasteiger partial charge is 0.195 e. The Hall–Kier alpha value is -2.33. The van der Waals surface area contributed by atoms with Crippen LogP contribution in [-0.2, 0) is 26.7 Å². The summed E-state index contributed by atoms with van der Waals surface area (Å²) in [5.74, 6) is -0.0230. The van der Waals surface area contributed by atoms with Crippen LogP contribution < -0.4 is 0 Å². The van der Waals surface area contributed by atoms with E-state index < -0.39 is 19.7 Å². The fourth-order valence-corrected chi connectivity index (χ4v) is 5.67. The second-order valence-corrected chi connectivity index (χ2v) is 11.6. The highest BCUT2D eigenvalue weighted by Crippen LogP contribution is 2.30. The lowest BCUT2D eigenvalue weighted by Gasteiger charge is -2.12. The van der Waals surface area contributed by atoms with Gasteiger partial charge in [0.15, 0.2) is 30.5 Å². The van der Waals surface area contributed by atoms with Crippen LogP contribution in [-0.4, -0.2) is 47.9 Å².